The van der Waals surface area contributed by atoms with Crippen LogP contribution in [-0.2, 0) is 11.0 Å². The highest BCUT2D eigenvalue weighted by atomic mass is 19.4. The molecule has 0 saturated heterocycles. The SMILES string of the molecule is O=C(Oc1cc(F)cc(C(F)(F)F)c1)C1CC1. The standard InChI is InChI=1S/C11H8F4O2/c12-8-3-7(11(13,14)15)4-9(5-8)17-10(16)6-1-2-6/h3-6H,1-2H2. The van der Waals surface area contributed by atoms with Crippen LogP contribution in [0.25, 0.3) is 0 Å². The minimum Gasteiger partial charge on any atom is -0.426 e. The van der Waals surface area contributed by atoms with Gasteiger partial charge in [0.05, 0.1) is 11.5 Å². The molecule has 1 aromatic rings. The third kappa shape index (κ3) is 2.95. The lowest BCUT2D eigenvalue weighted by atomic mass is 10.2. The first-order valence-electron chi connectivity index (χ1n) is 4.96. The van der Waals surface area contributed by atoms with Crippen LogP contribution in [0.3, 0.4) is 0 Å². The van der Waals surface area contributed by atoms with E-state index in [2.05, 4.69) is 4.74 Å². The molecule has 17 heavy (non-hydrogen) atoms. The summed E-state index contributed by atoms with van der Waals surface area (Å²) in [5, 5.41) is 0. The number of benzene rings is 1. The molecule has 0 aromatic heterocycles. The van der Waals surface area contributed by atoms with Crippen molar-refractivity contribution in [3.05, 3.63) is 29.6 Å². The van der Waals surface area contributed by atoms with Crippen LogP contribution in [0.5, 0.6) is 5.75 Å². The van der Waals surface area contributed by atoms with Crippen LogP contribution in [0.2, 0.25) is 0 Å². The van der Waals surface area contributed by atoms with Crippen molar-refractivity contribution in [3.63, 3.8) is 0 Å². The maximum atomic E-state index is 12.9. The molecule has 1 fully saturated rings. The first kappa shape index (κ1) is 11.9. The van der Waals surface area contributed by atoms with E-state index in [0.717, 1.165) is 6.07 Å². The molecule has 1 aromatic carbocycles. The number of carbonyl (C=O) groups excluding carboxylic acids is 1. The van der Waals surface area contributed by atoms with Crippen LogP contribution in [0.15, 0.2) is 18.2 Å². The molecule has 2 nitrogen and oxygen atoms in total. The van der Waals surface area contributed by atoms with Gasteiger partial charge in [-0.2, -0.15) is 13.2 Å². The average molecular weight is 248 g/mol. The Bertz CT molecular complexity index is 449. The smallest absolute Gasteiger partial charge is 0.416 e. The molecule has 1 aliphatic rings. The summed E-state index contributed by atoms with van der Waals surface area (Å²) in [6, 6.07) is 1.73. The summed E-state index contributed by atoms with van der Waals surface area (Å²) in [5.74, 6) is -2.36. The van der Waals surface area contributed by atoms with Crippen molar-refractivity contribution in [1.29, 1.82) is 0 Å². The van der Waals surface area contributed by atoms with Gasteiger partial charge in [0.15, 0.2) is 0 Å². The fourth-order valence-electron chi connectivity index (χ4n) is 1.30. The summed E-state index contributed by atoms with van der Waals surface area (Å²) in [5.41, 5.74) is -1.17. The Kier molecular flexibility index (Phi) is 2.81. The van der Waals surface area contributed by atoms with Crippen LogP contribution >= 0.6 is 0 Å². The van der Waals surface area contributed by atoms with Gasteiger partial charge in [-0.05, 0) is 25.0 Å². The number of hydrogen-bond donors (Lipinski definition) is 0. The van der Waals surface area contributed by atoms with E-state index in [1.54, 1.807) is 0 Å². The minimum atomic E-state index is -4.66. The number of esters is 1. The number of ether oxygens (including phenoxy) is 1. The van der Waals surface area contributed by atoms with Crippen molar-refractivity contribution in [3.8, 4) is 5.75 Å². The van der Waals surface area contributed by atoms with Crippen LogP contribution in [0.1, 0.15) is 18.4 Å². The molecule has 0 heterocycles. The van der Waals surface area contributed by atoms with Gasteiger partial charge in [0.2, 0.25) is 0 Å². The van der Waals surface area contributed by atoms with Gasteiger partial charge in [0.1, 0.15) is 11.6 Å². The van der Waals surface area contributed by atoms with E-state index >= 15 is 0 Å². The summed E-state index contributed by atoms with van der Waals surface area (Å²) in [7, 11) is 0. The van der Waals surface area contributed by atoms with E-state index in [0.29, 0.717) is 25.0 Å². The topological polar surface area (TPSA) is 26.3 Å². The van der Waals surface area contributed by atoms with Crippen molar-refractivity contribution in [2.75, 3.05) is 0 Å². The van der Waals surface area contributed by atoms with Gasteiger partial charge in [0.25, 0.3) is 0 Å². The quantitative estimate of drug-likeness (QED) is 0.456. The number of halogens is 4. The molecule has 0 aliphatic heterocycles. The van der Waals surface area contributed by atoms with Crippen LogP contribution in [0, 0.1) is 11.7 Å². The summed E-state index contributed by atoms with van der Waals surface area (Å²) >= 11 is 0. The average Bonchev–Trinajstić information content (AvgIpc) is 2.97. The van der Waals surface area contributed by atoms with Gasteiger partial charge in [-0.3, -0.25) is 4.79 Å². The number of carbonyl (C=O) groups is 1. The third-order valence-corrected chi connectivity index (χ3v) is 2.33. The van der Waals surface area contributed by atoms with Gasteiger partial charge < -0.3 is 4.74 Å². The molecule has 0 N–H and O–H groups in total. The van der Waals surface area contributed by atoms with E-state index in [1.807, 2.05) is 0 Å². The monoisotopic (exact) mass is 248 g/mol. The van der Waals surface area contributed by atoms with E-state index in [1.165, 1.54) is 0 Å². The molecule has 2 rings (SSSR count). The zero-order valence-corrected chi connectivity index (χ0v) is 8.55. The Morgan fingerprint density at radius 2 is 1.88 bits per heavy atom. The molecular formula is C11H8F4O2. The van der Waals surface area contributed by atoms with Crippen molar-refractivity contribution in [2.24, 2.45) is 5.92 Å². The third-order valence-electron chi connectivity index (χ3n) is 2.33. The minimum absolute atomic E-state index is 0.257. The second-order valence-corrected chi connectivity index (χ2v) is 3.87. The molecule has 0 radical (unpaired) electrons. The van der Waals surface area contributed by atoms with Crippen LogP contribution in [-0.4, -0.2) is 5.97 Å². The van der Waals surface area contributed by atoms with Crippen LogP contribution in [0.4, 0.5) is 17.6 Å². The Balaban J connectivity index is 2.22. The predicted octanol–water partition coefficient (Wildman–Crippen LogP) is 3.16. The van der Waals surface area contributed by atoms with Gasteiger partial charge >= 0.3 is 12.1 Å². The number of rotatable bonds is 2. The fraction of sp³-hybridized carbons (Fsp3) is 0.364. The molecule has 6 heteroatoms. The molecular weight excluding hydrogens is 240 g/mol. The fourth-order valence-corrected chi connectivity index (χ4v) is 1.30. The van der Waals surface area contributed by atoms with E-state index < -0.39 is 29.3 Å². The van der Waals surface area contributed by atoms with Crippen LogP contribution < -0.4 is 4.74 Å². The Hall–Kier alpha value is -1.59. The molecule has 0 unspecified atom stereocenters. The van der Waals surface area contributed by atoms with Gasteiger partial charge in [0, 0.05) is 6.07 Å². The maximum absolute atomic E-state index is 12.9. The lowest BCUT2D eigenvalue weighted by Gasteiger charge is -2.09. The van der Waals surface area contributed by atoms with Crippen molar-refractivity contribution >= 4 is 5.97 Å². The van der Waals surface area contributed by atoms with Gasteiger partial charge in [-0.15, -0.1) is 0 Å². The zero-order chi connectivity index (χ0) is 12.6. The predicted molar refractivity (Wildman–Crippen MR) is 49.8 cm³/mol. The molecule has 1 saturated carbocycles. The lowest BCUT2D eigenvalue weighted by Crippen LogP contribution is -2.11. The number of hydrogen-bond acceptors (Lipinski definition) is 2. The van der Waals surface area contributed by atoms with Crippen molar-refractivity contribution in [1.82, 2.24) is 0 Å². The second kappa shape index (κ2) is 4.01. The maximum Gasteiger partial charge on any atom is 0.416 e. The van der Waals surface area contributed by atoms with Crippen molar-refractivity contribution in [2.45, 2.75) is 19.0 Å². The Morgan fingerprint density at radius 1 is 1.24 bits per heavy atom. The molecule has 0 bridgehead atoms. The molecule has 0 spiro atoms. The highest BCUT2D eigenvalue weighted by molar-refractivity contribution is 5.77. The summed E-state index contributed by atoms with van der Waals surface area (Å²) in [4.78, 5) is 11.2. The van der Waals surface area contributed by atoms with E-state index in [-0.39, 0.29) is 5.92 Å². The normalized spacial score (nSPS) is 15.8. The second-order valence-electron chi connectivity index (χ2n) is 3.87. The Morgan fingerprint density at radius 3 is 2.41 bits per heavy atom. The highest BCUT2D eigenvalue weighted by Gasteiger charge is 2.34. The zero-order valence-electron chi connectivity index (χ0n) is 8.55. The summed E-state index contributed by atoms with van der Waals surface area (Å²) in [6.45, 7) is 0. The van der Waals surface area contributed by atoms with Gasteiger partial charge in [-0.25, -0.2) is 4.39 Å². The largest absolute Gasteiger partial charge is 0.426 e. The summed E-state index contributed by atoms with van der Waals surface area (Å²) in [6.07, 6.45) is -3.33. The van der Waals surface area contributed by atoms with Gasteiger partial charge in [-0.1, -0.05) is 0 Å². The molecule has 92 valence electrons. The first-order valence-corrected chi connectivity index (χ1v) is 4.96. The lowest BCUT2D eigenvalue weighted by molar-refractivity contribution is -0.139. The Labute approximate surface area is 94.2 Å². The van der Waals surface area contributed by atoms with E-state index in [4.69, 9.17) is 0 Å². The van der Waals surface area contributed by atoms with E-state index in [9.17, 15) is 22.4 Å². The first-order chi connectivity index (χ1) is 7.86. The number of alkyl halides is 3. The summed E-state index contributed by atoms with van der Waals surface area (Å²) < 4.78 is 54.7. The molecule has 1 aliphatic carbocycles. The highest BCUT2D eigenvalue weighted by Crippen LogP contribution is 2.34. The molecule has 0 amide bonds. The van der Waals surface area contributed by atoms with Crippen molar-refractivity contribution < 1.29 is 27.1 Å². The molecule has 0 atom stereocenters.